The molecule has 2 unspecified atom stereocenters. The fourth-order valence-electron chi connectivity index (χ4n) is 3.22. The number of methoxy groups -OCH3 is 1. The van der Waals surface area contributed by atoms with Gasteiger partial charge in [-0.05, 0) is 43.2 Å². The maximum atomic E-state index is 13.8. The molecule has 2 aromatic rings. The topological polar surface area (TPSA) is 62.9 Å². The van der Waals surface area contributed by atoms with Gasteiger partial charge in [-0.25, -0.2) is 4.39 Å². The summed E-state index contributed by atoms with van der Waals surface area (Å²) in [5.41, 5.74) is 0.565. The predicted molar refractivity (Wildman–Crippen MR) is 80.9 cm³/mol. The van der Waals surface area contributed by atoms with Gasteiger partial charge < -0.3 is 14.3 Å². The van der Waals surface area contributed by atoms with E-state index in [1.54, 1.807) is 18.2 Å². The predicted octanol–water partition coefficient (Wildman–Crippen LogP) is 3.07. The van der Waals surface area contributed by atoms with Crippen LogP contribution in [-0.2, 0) is 4.79 Å². The molecule has 0 aliphatic carbocycles. The molecule has 23 heavy (non-hydrogen) atoms. The molecule has 2 heterocycles. The van der Waals surface area contributed by atoms with E-state index in [9.17, 15) is 14.3 Å². The minimum atomic E-state index is -0.880. The van der Waals surface area contributed by atoms with Crippen LogP contribution in [0.2, 0.25) is 0 Å². The van der Waals surface area contributed by atoms with Gasteiger partial charge >= 0.3 is 5.97 Å². The number of ether oxygens (including phenoxy) is 1. The zero-order valence-corrected chi connectivity index (χ0v) is 12.7. The molecule has 0 saturated carbocycles. The molecule has 0 radical (unpaired) electrons. The number of likely N-dealkylation sites (tertiary alicyclic amines) is 1. The Labute approximate surface area is 133 Å². The van der Waals surface area contributed by atoms with Crippen LogP contribution in [0.15, 0.2) is 41.0 Å². The van der Waals surface area contributed by atoms with Crippen LogP contribution in [0.4, 0.5) is 4.39 Å². The van der Waals surface area contributed by atoms with Crippen molar-refractivity contribution in [1.29, 1.82) is 0 Å². The molecular formula is C17H18FNO4. The van der Waals surface area contributed by atoms with Gasteiger partial charge in [0, 0.05) is 12.1 Å². The zero-order chi connectivity index (χ0) is 16.4. The second-order valence-corrected chi connectivity index (χ2v) is 5.54. The average molecular weight is 319 g/mol. The first-order chi connectivity index (χ1) is 11.1. The molecule has 1 aromatic heterocycles. The van der Waals surface area contributed by atoms with Crippen LogP contribution in [-0.4, -0.2) is 35.7 Å². The monoisotopic (exact) mass is 319 g/mol. The summed E-state index contributed by atoms with van der Waals surface area (Å²) in [6.45, 7) is 0.599. The largest absolute Gasteiger partial charge is 0.496 e. The Kier molecular flexibility index (Phi) is 4.34. The zero-order valence-electron chi connectivity index (χ0n) is 12.7. The number of carboxylic acids is 1. The maximum absolute atomic E-state index is 13.8. The van der Waals surface area contributed by atoms with Crippen LogP contribution in [0.1, 0.15) is 30.2 Å². The fourth-order valence-corrected chi connectivity index (χ4v) is 3.22. The Morgan fingerprint density at radius 2 is 2.30 bits per heavy atom. The highest BCUT2D eigenvalue weighted by Gasteiger charge is 2.39. The number of hydrogen-bond donors (Lipinski definition) is 1. The number of benzene rings is 1. The third kappa shape index (κ3) is 2.94. The van der Waals surface area contributed by atoms with Crippen molar-refractivity contribution < 1.29 is 23.4 Å². The van der Waals surface area contributed by atoms with Crippen molar-refractivity contribution in [3.8, 4) is 5.75 Å². The Morgan fingerprint density at radius 3 is 2.96 bits per heavy atom. The standard InChI is InChI=1S/C17H18FNO4/c1-22-14-7-6-11(18)10-12(14)16(15-5-3-9-23-15)19-8-2-4-13(19)17(20)21/h3,5-7,9-10,13,16H,2,4,8H2,1H3,(H,20,21). The van der Waals surface area contributed by atoms with Crippen molar-refractivity contribution in [2.24, 2.45) is 0 Å². The summed E-state index contributed by atoms with van der Waals surface area (Å²) >= 11 is 0. The van der Waals surface area contributed by atoms with Crippen molar-refractivity contribution in [1.82, 2.24) is 4.90 Å². The van der Waals surface area contributed by atoms with Crippen LogP contribution in [0.5, 0.6) is 5.75 Å². The van der Waals surface area contributed by atoms with Gasteiger partial charge in [0.15, 0.2) is 0 Å². The normalized spacial score (nSPS) is 19.7. The first-order valence-electron chi connectivity index (χ1n) is 7.47. The molecule has 2 atom stereocenters. The van der Waals surface area contributed by atoms with Gasteiger partial charge in [-0.15, -0.1) is 0 Å². The van der Waals surface area contributed by atoms with E-state index in [-0.39, 0.29) is 0 Å². The summed E-state index contributed by atoms with van der Waals surface area (Å²) in [5, 5.41) is 9.48. The summed E-state index contributed by atoms with van der Waals surface area (Å²) in [6.07, 6.45) is 2.86. The first kappa shape index (κ1) is 15.6. The molecule has 3 rings (SSSR count). The third-order valence-electron chi connectivity index (χ3n) is 4.21. The molecule has 5 nitrogen and oxygen atoms in total. The highest BCUT2D eigenvalue weighted by Crippen LogP contribution is 2.39. The number of aliphatic carboxylic acids is 1. The van der Waals surface area contributed by atoms with Crippen LogP contribution in [0, 0.1) is 5.82 Å². The molecule has 0 bridgehead atoms. The summed E-state index contributed by atoms with van der Waals surface area (Å²) in [4.78, 5) is 13.4. The molecule has 0 amide bonds. The van der Waals surface area contributed by atoms with Crippen molar-refractivity contribution >= 4 is 5.97 Å². The SMILES string of the molecule is COc1ccc(F)cc1C(c1ccco1)N1CCCC1C(=O)O. The van der Waals surface area contributed by atoms with E-state index in [2.05, 4.69) is 0 Å². The van der Waals surface area contributed by atoms with Gasteiger partial charge in [0.05, 0.1) is 19.4 Å². The fraction of sp³-hybridized carbons (Fsp3) is 0.353. The molecule has 122 valence electrons. The van der Waals surface area contributed by atoms with E-state index in [4.69, 9.17) is 9.15 Å². The molecule has 1 saturated heterocycles. The van der Waals surface area contributed by atoms with Crippen LogP contribution < -0.4 is 4.74 Å². The lowest BCUT2D eigenvalue weighted by atomic mass is 10.00. The molecule has 1 aliphatic heterocycles. The Balaban J connectivity index is 2.10. The second-order valence-electron chi connectivity index (χ2n) is 5.54. The maximum Gasteiger partial charge on any atom is 0.320 e. The lowest BCUT2D eigenvalue weighted by molar-refractivity contribution is -0.142. The molecule has 1 aliphatic rings. The number of carboxylic acid groups (broad SMARTS) is 1. The minimum Gasteiger partial charge on any atom is -0.496 e. The number of carbonyl (C=O) groups is 1. The quantitative estimate of drug-likeness (QED) is 0.917. The van der Waals surface area contributed by atoms with Crippen molar-refractivity contribution in [3.05, 3.63) is 53.7 Å². The van der Waals surface area contributed by atoms with E-state index in [1.807, 2.05) is 4.90 Å². The molecule has 1 N–H and O–H groups in total. The van der Waals surface area contributed by atoms with Crippen LogP contribution in [0.25, 0.3) is 0 Å². The summed E-state index contributed by atoms with van der Waals surface area (Å²) in [7, 11) is 1.51. The number of furan rings is 1. The molecular weight excluding hydrogens is 301 g/mol. The summed E-state index contributed by atoms with van der Waals surface area (Å²) in [6, 6.07) is 6.62. The second kappa shape index (κ2) is 6.42. The van der Waals surface area contributed by atoms with Crippen LogP contribution >= 0.6 is 0 Å². The van der Waals surface area contributed by atoms with E-state index in [1.165, 1.54) is 25.5 Å². The van der Waals surface area contributed by atoms with E-state index >= 15 is 0 Å². The van der Waals surface area contributed by atoms with Gasteiger partial charge in [-0.2, -0.15) is 0 Å². The van der Waals surface area contributed by atoms with Gasteiger partial charge in [-0.3, -0.25) is 9.69 Å². The number of nitrogens with zero attached hydrogens (tertiary/aromatic N) is 1. The highest BCUT2D eigenvalue weighted by atomic mass is 19.1. The number of halogens is 1. The number of rotatable bonds is 5. The average Bonchev–Trinajstić information content (AvgIpc) is 3.20. The Hall–Kier alpha value is -2.34. The van der Waals surface area contributed by atoms with Crippen molar-refractivity contribution in [2.45, 2.75) is 24.9 Å². The van der Waals surface area contributed by atoms with E-state index < -0.39 is 23.9 Å². The third-order valence-corrected chi connectivity index (χ3v) is 4.21. The summed E-state index contributed by atoms with van der Waals surface area (Å²) < 4.78 is 24.7. The molecule has 1 aromatic carbocycles. The first-order valence-corrected chi connectivity index (χ1v) is 7.47. The van der Waals surface area contributed by atoms with Crippen molar-refractivity contribution in [2.75, 3.05) is 13.7 Å². The van der Waals surface area contributed by atoms with Gasteiger partial charge in [0.2, 0.25) is 0 Å². The highest BCUT2D eigenvalue weighted by molar-refractivity contribution is 5.74. The molecule has 0 spiro atoms. The minimum absolute atomic E-state index is 0.400. The van der Waals surface area contributed by atoms with E-state index in [0.717, 1.165) is 6.42 Å². The van der Waals surface area contributed by atoms with E-state index in [0.29, 0.717) is 30.0 Å². The smallest absolute Gasteiger partial charge is 0.320 e. The van der Waals surface area contributed by atoms with Gasteiger partial charge in [0.1, 0.15) is 23.4 Å². The Bertz CT molecular complexity index is 686. The van der Waals surface area contributed by atoms with Crippen LogP contribution in [0.3, 0.4) is 0 Å². The molecule has 6 heteroatoms. The molecule has 1 fully saturated rings. The Morgan fingerprint density at radius 1 is 1.48 bits per heavy atom. The van der Waals surface area contributed by atoms with Crippen molar-refractivity contribution in [3.63, 3.8) is 0 Å². The van der Waals surface area contributed by atoms with Gasteiger partial charge in [0.25, 0.3) is 0 Å². The van der Waals surface area contributed by atoms with Gasteiger partial charge in [-0.1, -0.05) is 0 Å². The number of hydrogen-bond acceptors (Lipinski definition) is 4. The lowest BCUT2D eigenvalue weighted by Gasteiger charge is -2.31. The lowest BCUT2D eigenvalue weighted by Crippen LogP contribution is -2.39. The summed E-state index contributed by atoms with van der Waals surface area (Å²) in [5.74, 6) is -0.205.